The van der Waals surface area contributed by atoms with Gasteiger partial charge in [-0.05, 0) is 125 Å². The van der Waals surface area contributed by atoms with Gasteiger partial charge in [0.25, 0.3) is 0 Å². The second-order valence-corrected chi connectivity index (χ2v) is 14.6. The maximum absolute atomic E-state index is 13.5. The number of thiazole rings is 1. The van der Waals surface area contributed by atoms with E-state index in [9.17, 15) is 4.79 Å². The maximum Gasteiger partial charge on any atom is 0.226 e. The monoisotopic (exact) mass is 465 g/mol. The summed E-state index contributed by atoms with van der Waals surface area (Å²) >= 11 is 1.85. The minimum atomic E-state index is -0.0401. The van der Waals surface area contributed by atoms with E-state index in [1.54, 1.807) is 0 Å². The van der Waals surface area contributed by atoms with Crippen LogP contribution in [0.5, 0.6) is 0 Å². The molecule has 9 saturated carbocycles. The van der Waals surface area contributed by atoms with Crippen LogP contribution in [0, 0.1) is 40.9 Å². The molecule has 4 nitrogen and oxygen atoms in total. The molecule has 0 aromatic carbocycles. The molecule has 1 N–H and O–H groups in total. The summed E-state index contributed by atoms with van der Waals surface area (Å²) in [6, 6.07) is 0.621. The van der Waals surface area contributed by atoms with Gasteiger partial charge in [0.05, 0.1) is 12.1 Å². The molecule has 9 aliphatic rings. The summed E-state index contributed by atoms with van der Waals surface area (Å²) in [6.45, 7) is 0.698. The van der Waals surface area contributed by atoms with Gasteiger partial charge in [-0.3, -0.25) is 9.79 Å². The molecule has 0 aliphatic heterocycles. The zero-order valence-electron chi connectivity index (χ0n) is 19.9. The molecule has 0 spiro atoms. The first kappa shape index (κ1) is 20.1. The average molecular weight is 466 g/mol. The van der Waals surface area contributed by atoms with E-state index in [1.807, 2.05) is 11.3 Å². The Bertz CT molecular complexity index is 975. The van der Waals surface area contributed by atoms with E-state index in [4.69, 9.17) is 4.99 Å². The molecule has 0 unspecified atom stereocenters. The smallest absolute Gasteiger partial charge is 0.226 e. The Hall–Kier alpha value is -1.10. The van der Waals surface area contributed by atoms with Crippen LogP contribution in [0.25, 0.3) is 0 Å². The van der Waals surface area contributed by atoms with Gasteiger partial charge < -0.3 is 9.88 Å². The molecule has 0 atom stereocenters. The Kier molecular flexibility index (Phi) is 4.26. The fourth-order valence-electron chi connectivity index (χ4n) is 10.4. The summed E-state index contributed by atoms with van der Waals surface area (Å²) in [4.78, 5) is 20.4. The van der Waals surface area contributed by atoms with Crippen LogP contribution in [-0.4, -0.2) is 16.0 Å². The van der Waals surface area contributed by atoms with Crippen LogP contribution in [0.1, 0.15) is 102 Å². The van der Waals surface area contributed by atoms with Gasteiger partial charge >= 0.3 is 0 Å². The average Bonchev–Trinajstić information content (AvgIpc) is 3.51. The van der Waals surface area contributed by atoms with Gasteiger partial charge in [0, 0.05) is 22.5 Å². The molecule has 10 rings (SSSR count). The topological polar surface area (TPSA) is 46.4 Å². The van der Waals surface area contributed by atoms with E-state index in [0.29, 0.717) is 18.5 Å². The van der Waals surface area contributed by atoms with Crippen molar-refractivity contribution in [2.75, 3.05) is 0 Å². The number of hydrogen-bond donors (Lipinski definition) is 1. The molecule has 5 heteroatoms. The summed E-state index contributed by atoms with van der Waals surface area (Å²) in [6.07, 6.45) is 18.6. The highest BCUT2D eigenvalue weighted by Crippen LogP contribution is 2.60. The van der Waals surface area contributed by atoms with Gasteiger partial charge in [-0.2, -0.15) is 0 Å². The van der Waals surface area contributed by atoms with E-state index in [1.165, 1.54) is 81.1 Å². The predicted molar refractivity (Wildman–Crippen MR) is 129 cm³/mol. The van der Waals surface area contributed by atoms with Crippen LogP contribution < -0.4 is 10.1 Å². The second kappa shape index (κ2) is 6.98. The number of rotatable bonds is 5. The molecule has 9 aliphatic carbocycles. The van der Waals surface area contributed by atoms with Crippen molar-refractivity contribution in [3.05, 3.63) is 15.9 Å². The Labute approximate surface area is 201 Å². The van der Waals surface area contributed by atoms with E-state index in [-0.39, 0.29) is 11.0 Å². The number of amides is 1. The molecule has 1 amide bonds. The molecule has 0 radical (unpaired) electrons. The third-order valence-corrected chi connectivity index (χ3v) is 11.9. The molecule has 9 fully saturated rings. The highest BCUT2D eigenvalue weighted by atomic mass is 32.1. The first-order chi connectivity index (χ1) is 16.0. The third-order valence-electron chi connectivity index (χ3n) is 11.0. The SMILES string of the molecule is O=C(NCc1csc(=NC23CC4CC(CC(C4)C2)C3)n1C1CC1)C12CC3CC(CC(C3)C1)C2. The van der Waals surface area contributed by atoms with E-state index >= 15 is 0 Å². The molecule has 0 saturated heterocycles. The minimum absolute atomic E-state index is 0.0401. The highest BCUT2D eigenvalue weighted by Gasteiger charge is 2.55. The van der Waals surface area contributed by atoms with Crippen molar-refractivity contribution in [3.8, 4) is 0 Å². The maximum atomic E-state index is 13.5. The molecular formula is C28H39N3OS. The summed E-state index contributed by atoms with van der Waals surface area (Å²) < 4.78 is 2.54. The quantitative estimate of drug-likeness (QED) is 0.606. The van der Waals surface area contributed by atoms with E-state index < -0.39 is 0 Å². The van der Waals surface area contributed by atoms with Crippen molar-refractivity contribution in [2.45, 2.75) is 108 Å². The third kappa shape index (κ3) is 3.27. The second-order valence-electron chi connectivity index (χ2n) is 13.7. The minimum Gasteiger partial charge on any atom is -0.350 e. The van der Waals surface area contributed by atoms with Crippen molar-refractivity contribution >= 4 is 17.2 Å². The van der Waals surface area contributed by atoms with Gasteiger partial charge in [-0.1, -0.05) is 0 Å². The summed E-state index contributed by atoms with van der Waals surface area (Å²) in [7, 11) is 0. The fraction of sp³-hybridized carbons (Fsp3) is 0.857. The lowest BCUT2D eigenvalue weighted by Gasteiger charge is -2.55. The van der Waals surface area contributed by atoms with Gasteiger partial charge in [0.1, 0.15) is 0 Å². The number of hydrogen-bond acceptors (Lipinski definition) is 3. The Morgan fingerprint density at radius 2 is 1.39 bits per heavy atom. The van der Waals surface area contributed by atoms with Gasteiger partial charge in [0.2, 0.25) is 5.91 Å². The molecule has 1 aromatic heterocycles. The number of nitrogens with zero attached hydrogens (tertiary/aromatic N) is 2. The summed E-state index contributed by atoms with van der Waals surface area (Å²) in [5.41, 5.74) is 1.50. The lowest BCUT2D eigenvalue weighted by molar-refractivity contribution is -0.146. The molecule has 1 aromatic rings. The zero-order valence-corrected chi connectivity index (χ0v) is 20.8. The van der Waals surface area contributed by atoms with Crippen LogP contribution in [0.3, 0.4) is 0 Å². The molecule has 33 heavy (non-hydrogen) atoms. The number of nitrogens with one attached hydrogen (secondary N) is 1. The van der Waals surface area contributed by atoms with E-state index in [0.717, 1.165) is 54.8 Å². The first-order valence-corrected chi connectivity index (χ1v) is 15.0. The largest absolute Gasteiger partial charge is 0.350 e. The van der Waals surface area contributed by atoms with Gasteiger partial charge in [0.15, 0.2) is 4.80 Å². The van der Waals surface area contributed by atoms with Crippen LogP contribution >= 0.6 is 11.3 Å². The number of aromatic nitrogens is 1. The lowest BCUT2D eigenvalue weighted by atomic mass is 9.49. The first-order valence-electron chi connectivity index (χ1n) is 14.1. The van der Waals surface area contributed by atoms with Crippen LogP contribution in [-0.2, 0) is 11.3 Å². The highest BCUT2D eigenvalue weighted by molar-refractivity contribution is 7.07. The van der Waals surface area contributed by atoms with Gasteiger partial charge in [-0.15, -0.1) is 11.3 Å². The Morgan fingerprint density at radius 3 is 1.91 bits per heavy atom. The van der Waals surface area contributed by atoms with Gasteiger partial charge in [-0.25, -0.2) is 0 Å². The van der Waals surface area contributed by atoms with Crippen molar-refractivity contribution in [3.63, 3.8) is 0 Å². The number of carbonyl (C=O) groups is 1. The molecule has 1 heterocycles. The normalized spacial score (nSPS) is 47.5. The van der Waals surface area contributed by atoms with Crippen LogP contribution in [0.15, 0.2) is 10.4 Å². The molecule has 8 bridgehead atoms. The van der Waals surface area contributed by atoms with Crippen molar-refractivity contribution in [1.29, 1.82) is 0 Å². The lowest BCUT2D eigenvalue weighted by Crippen LogP contribution is -2.53. The van der Waals surface area contributed by atoms with Crippen LogP contribution in [0.2, 0.25) is 0 Å². The zero-order chi connectivity index (χ0) is 21.8. The van der Waals surface area contributed by atoms with Crippen molar-refractivity contribution in [1.82, 2.24) is 9.88 Å². The molecular weight excluding hydrogens is 426 g/mol. The van der Waals surface area contributed by atoms with Crippen LogP contribution in [0.4, 0.5) is 0 Å². The Balaban J connectivity index is 1.05. The van der Waals surface area contributed by atoms with Crippen molar-refractivity contribution < 1.29 is 4.79 Å². The van der Waals surface area contributed by atoms with Crippen molar-refractivity contribution in [2.24, 2.45) is 45.9 Å². The predicted octanol–water partition coefficient (Wildman–Crippen LogP) is 5.59. The van der Waals surface area contributed by atoms with E-state index in [2.05, 4.69) is 15.3 Å². The summed E-state index contributed by atoms with van der Waals surface area (Å²) in [5, 5.41) is 5.77. The Morgan fingerprint density at radius 1 is 0.879 bits per heavy atom. The fourth-order valence-corrected chi connectivity index (χ4v) is 11.5. The summed E-state index contributed by atoms with van der Waals surface area (Å²) in [5.74, 6) is 5.66. The molecule has 178 valence electrons. The number of carbonyl (C=O) groups excluding carboxylic acids is 1. The standard InChI is InChI=1S/C28H39N3OS/c32-25(27-9-17-3-18(10-27)5-19(4-17)11-27)29-15-24-16-33-26(31(24)23-1-2-23)30-28-12-20-6-21(13-28)8-22(7-20)14-28/h16-23H,1-15H2,(H,29,32).